The number of carbonyl (C=O) groups is 7. The summed E-state index contributed by atoms with van der Waals surface area (Å²) in [7, 11) is -4.17. The van der Waals surface area contributed by atoms with Crippen molar-refractivity contribution in [2.24, 2.45) is 35.5 Å². The van der Waals surface area contributed by atoms with Gasteiger partial charge < -0.3 is 30.3 Å². The number of hydrogen-bond acceptors (Lipinski definition) is 15. The number of carbonyl (C=O) groups excluding carboxylic acids is 7. The zero-order valence-electron chi connectivity index (χ0n) is 43.6. The maximum Gasteiger partial charge on any atom is 0.411 e. The van der Waals surface area contributed by atoms with E-state index in [-0.39, 0.29) is 55.8 Å². The second kappa shape index (κ2) is 22.6. The molecule has 2 aromatic rings. The standard InChI is InChI=1S/C32H39N5O7S2.C21H31N3O6S/c1-19-33-27(18-45-19)20-8-7-10-22(14-20)34-31(41)44-23-15-25-26(16-23)29(39)37(2)13-6-4-3-5-9-21-17-32(21,35-28(25)38)30(40)36-46(42,43)24-11-12-24;1-24-9-5-3-2-4-6-13-12-21(13,20(28)23-31(29,30)15-7-8-15)22-18(26)16-10-14(25)11-17(16)19(24)27/h5,7-10,14,18,21,23-26H,3-4,6,11-13,15-17H2,1-2H3,(H,34,41)(H,35,38)(H,36,40);4,6,13-17,25H,2-3,5,7-12H2,1H3,(H,22,26)(H,23,28)/b9-5-;6-4-/t21-,23-,25-,26-,32-;13-,14-,16-,17-,21-/m11/s1. The number of thiazole rings is 1. The second-order valence-corrected chi connectivity index (χ2v) is 27.3. The van der Waals surface area contributed by atoms with E-state index in [1.165, 1.54) is 11.3 Å². The van der Waals surface area contributed by atoms with Gasteiger partial charge in [-0.25, -0.2) is 26.6 Å². The van der Waals surface area contributed by atoms with Crippen LogP contribution < -0.4 is 25.4 Å². The first-order chi connectivity index (χ1) is 36.6. The molecule has 8 aliphatic rings. The number of sulfonamides is 2. The Hall–Kier alpha value is -5.72. The van der Waals surface area contributed by atoms with Crippen molar-refractivity contribution in [1.29, 1.82) is 0 Å². The Morgan fingerprint density at radius 3 is 1.73 bits per heavy atom. The molecule has 0 unspecified atom stereocenters. The highest BCUT2D eigenvalue weighted by atomic mass is 32.2. The molecule has 24 heteroatoms. The molecular weight excluding hydrogens is 1050 g/mol. The molecular formula is C53H70N8O13S3. The summed E-state index contributed by atoms with van der Waals surface area (Å²) < 4.78 is 60.0. The molecule has 77 heavy (non-hydrogen) atoms. The van der Waals surface area contributed by atoms with E-state index < -0.39 is 107 Å². The van der Waals surface area contributed by atoms with Gasteiger partial charge in [-0.2, -0.15) is 0 Å². The maximum absolute atomic E-state index is 13.9. The molecule has 6 fully saturated rings. The van der Waals surface area contributed by atoms with Crippen LogP contribution >= 0.6 is 11.3 Å². The average molecular weight is 1120 g/mol. The highest BCUT2D eigenvalue weighted by molar-refractivity contribution is 7.91. The summed E-state index contributed by atoms with van der Waals surface area (Å²) >= 11 is 1.53. The largest absolute Gasteiger partial charge is 0.446 e. The van der Waals surface area contributed by atoms with Crippen LogP contribution in [0.3, 0.4) is 0 Å². The molecule has 0 saturated heterocycles. The fourth-order valence-corrected chi connectivity index (χ4v) is 14.6. The molecule has 0 radical (unpaired) electrons. The van der Waals surface area contributed by atoms with E-state index in [9.17, 15) is 55.5 Å². The first kappa shape index (κ1) is 56.0. The Morgan fingerprint density at radius 2 is 1.22 bits per heavy atom. The predicted octanol–water partition coefficient (Wildman–Crippen LogP) is 3.80. The number of aliphatic hydroxyl groups is 1. The van der Waals surface area contributed by atoms with E-state index >= 15 is 0 Å². The first-order valence-corrected chi connectivity index (χ1v) is 30.8. The van der Waals surface area contributed by atoms with E-state index in [4.69, 9.17) is 4.74 Å². The predicted molar refractivity (Wildman–Crippen MR) is 284 cm³/mol. The number of benzene rings is 1. The number of fused-ring (bicyclic) bond motifs is 4. The molecule has 7 amide bonds. The Labute approximate surface area is 453 Å². The smallest absolute Gasteiger partial charge is 0.411 e. The minimum absolute atomic E-state index is 0.0835. The fourth-order valence-electron chi connectivity index (χ4n) is 11.3. The van der Waals surface area contributed by atoms with Crippen molar-refractivity contribution < 1.29 is 60.2 Å². The lowest BCUT2D eigenvalue weighted by Crippen LogP contribution is -2.54. The summed E-state index contributed by atoms with van der Waals surface area (Å²) in [5, 5.41) is 20.3. The Balaban J connectivity index is 0.000000203. The normalized spacial score (nSPS) is 32.6. The van der Waals surface area contributed by atoms with E-state index in [0.29, 0.717) is 50.9 Å². The van der Waals surface area contributed by atoms with Crippen LogP contribution in [0.4, 0.5) is 10.5 Å². The lowest BCUT2D eigenvalue weighted by Gasteiger charge is -2.26. The lowest BCUT2D eigenvalue weighted by molar-refractivity contribution is -0.141. The van der Waals surface area contributed by atoms with E-state index in [0.717, 1.165) is 54.8 Å². The number of allylic oxidation sites excluding steroid dienone is 2. The number of aryl methyl sites for hydroxylation is 1. The van der Waals surface area contributed by atoms with E-state index in [1.807, 2.05) is 42.7 Å². The lowest BCUT2D eigenvalue weighted by atomic mass is 9.93. The van der Waals surface area contributed by atoms with Crippen molar-refractivity contribution >= 4 is 78.6 Å². The van der Waals surface area contributed by atoms with Gasteiger partial charge >= 0.3 is 6.09 Å². The Kier molecular flexibility index (Phi) is 16.4. The number of aromatic nitrogens is 1. The zero-order valence-corrected chi connectivity index (χ0v) is 46.1. The van der Waals surface area contributed by atoms with Crippen molar-refractivity contribution in [2.45, 2.75) is 143 Å². The third kappa shape index (κ3) is 12.9. The van der Waals surface area contributed by atoms with Crippen molar-refractivity contribution in [3.05, 3.63) is 59.0 Å². The van der Waals surface area contributed by atoms with Crippen LogP contribution in [0.15, 0.2) is 53.9 Å². The zero-order chi connectivity index (χ0) is 55.0. The number of rotatable bonds is 9. The van der Waals surface area contributed by atoms with Crippen molar-refractivity contribution in [3.8, 4) is 11.3 Å². The average Bonchev–Trinajstić information content (AvgIpc) is 4.36. The van der Waals surface area contributed by atoms with Gasteiger partial charge in [0.2, 0.25) is 43.7 Å². The van der Waals surface area contributed by atoms with Crippen LogP contribution in [0.1, 0.15) is 108 Å². The maximum atomic E-state index is 13.9. The molecule has 0 bridgehead atoms. The Bertz CT molecular complexity index is 2940. The van der Waals surface area contributed by atoms with Gasteiger partial charge in [0, 0.05) is 55.7 Å². The van der Waals surface area contributed by atoms with Crippen molar-refractivity contribution in [1.82, 2.24) is 34.9 Å². The van der Waals surface area contributed by atoms with E-state index in [1.54, 1.807) is 42.1 Å². The molecule has 6 saturated carbocycles. The third-order valence-electron chi connectivity index (χ3n) is 16.3. The number of ether oxygens (including phenoxy) is 1. The number of nitrogens with one attached hydrogen (secondary N) is 5. The molecule has 6 aliphatic carbocycles. The van der Waals surface area contributed by atoms with Gasteiger partial charge in [-0.15, -0.1) is 11.3 Å². The number of aliphatic hydroxyl groups excluding tert-OH is 1. The van der Waals surface area contributed by atoms with Crippen LogP contribution in [0, 0.1) is 42.4 Å². The molecule has 1 aromatic carbocycles. The molecule has 10 rings (SSSR count). The molecule has 21 nitrogen and oxygen atoms in total. The topological polar surface area (TPSA) is 297 Å². The van der Waals surface area contributed by atoms with Gasteiger partial charge in [-0.1, -0.05) is 36.4 Å². The van der Waals surface area contributed by atoms with Gasteiger partial charge in [0.1, 0.15) is 17.2 Å². The SMILES string of the molecule is CN1CCCC/C=C\[C@@H]2C[C@@]2(C(=O)NS(=O)(=O)C2CC2)NC(=O)[C@@H]2C[C@@H](O)C[C@H]2C1=O.Cc1nc(-c2cccc(NC(=O)O[C@@H]3C[C@H]4C(=O)N[C@]5(C(=O)NS(=O)(=O)C6CC6)C[C@H]5/C=C\CCCCN(C)C(=O)[C@@H]4C3)c2)cs1. The second-order valence-electron chi connectivity index (χ2n) is 22.3. The summed E-state index contributed by atoms with van der Waals surface area (Å²) in [5.41, 5.74) is -0.591. The molecule has 1 aromatic heterocycles. The summed E-state index contributed by atoms with van der Waals surface area (Å²) in [6.45, 7) is 3.03. The third-order valence-corrected chi connectivity index (χ3v) is 20.7. The molecule has 10 atom stereocenters. The molecule has 0 spiro atoms. The minimum Gasteiger partial charge on any atom is -0.446 e. The quantitative estimate of drug-likeness (QED) is 0.195. The van der Waals surface area contributed by atoms with Crippen LogP contribution in [0.2, 0.25) is 0 Å². The van der Waals surface area contributed by atoms with Crippen molar-refractivity contribution in [3.63, 3.8) is 0 Å². The minimum atomic E-state index is -3.83. The molecule has 418 valence electrons. The summed E-state index contributed by atoms with van der Waals surface area (Å²) in [6.07, 6.45) is 13.4. The van der Waals surface area contributed by atoms with Crippen molar-refractivity contribution in [2.75, 3.05) is 32.5 Å². The van der Waals surface area contributed by atoms with E-state index in [2.05, 4.69) is 30.4 Å². The van der Waals surface area contributed by atoms with Gasteiger partial charge in [-0.05, 0) is 122 Å². The number of hydrogen-bond donors (Lipinski definition) is 6. The van der Waals surface area contributed by atoms with Crippen LogP contribution in [-0.4, -0.2) is 139 Å². The highest BCUT2D eigenvalue weighted by Gasteiger charge is 2.63. The number of amides is 7. The number of nitrogens with zero attached hydrogens (tertiary/aromatic N) is 3. The first-order valence-electron chi connectivity index (χ1n) is 26.9. The van der Waals surface area contributed by atoms with Gasteiger partial charge in [0.05, 0.1) is 51.0 Å². The monoisotopic (exact) mass is 1120 g/mol. The van der Waals surface area contributed by atoms with Crippen LogP contribution in [0.25, 0.3) is 11.3 Å². The summed E-state index contributed by atoms with van der Waals surface area (Å²) in [5.74, 6) is -6.58. The van der Waals surface area contributed by atoms with Gasteiger partial charge in [0.15, 0.2) is 0 Å². The molecule has 2 aliphatic heterocycles. The molecule has 3 heterocycles. The van der Waals surface area contributed by atoms with Crippen LogP contribution in [-0.2, 0) is 53.6 Å². The highest BCUT2D eigenvalue weighted by Crippen LogP contribution is 2.48. The molecule has 6 N–H and O–H groups in total. The summed E-state index contributed by atoms with van der Waals surface area (Å²) in [6, 6.07) is 7.23. The van der Waals surface area contributed by atoms with Gasteiger partial charge in [-0.3, -0.25) is 43.5 Å². The number of anilines is 1. The van der Waals surface area contributed by atoms with Crippen LogP contribution in [0.5, 0.6) is 0 Å². The Morgan fingerprint density at radius 1 is 0.727 bits per heavy atom. The fraction of sp³-hybridized carbons (Fsp3) is 0.623. The van der Waals surface area contributed by atoms with Gasteiger partial charge in [0.25, 0.3) is 11.8 Å². The summed E-state index contributed by atoms with van der Waals surface area (Å²) in [4.78, 5) is 101.